The fraction of sp³-hybridized carbons (Fsp3) is 0.300. The summed E-state index contributed by atoms with van der Waals surface area (Å²) in [5.74, 6) is 0.389. The number of carbonyl (C=O) groups is 2. The van der Waals surface area contributed by atoms with Gasteiger partial charge in [-0.25, -0.2) is 0 Å². The van der Waals surface area contributed by atoms with Gasteiger partial charge in [-0.1, -0.05) is 6.07 Å². The molecule has 1 aliphatic rings. The number of hydrogen-bond acceptors (Lipinski definition) is 3. The van der Waals surface area contributed by atoms with Gasteiger partial charge in [-0.15, -0.1) is 0 Å². The van der Waals surface area contributed by atoms with Crippen molar-refractivity contribution in [3.63, 3.8) is 0 Å². The molecule has 5 nitrogen and oxygen atoms in total. The molecule has 0 fully saturated rings. The molecule has 2 amide bonds. The third-order valence-electron chi connectivity index (χ3n) is 4.38. The first-order chi connectivity index (χ1) is 11.9. The highest BCUT2D eigenvalue weighted by Gasteiger charge is 2.28. The van der Waals surface area contributed by atoms with Crippen molar-refractivity contribution in [3.8, 4) is 5.75 Å². The number of benzene rings is 2. The van der Waals surface area contributed by atoms with Gasteiger partial charge < -0.3 is 15.0 Å². The van der Waals surface area contributed by atoms with E-state index in [1.54, 1.807) is 23.1 Å². The Hall–Kier alpha value is -2.82. The molecule has 1 heterocycles. The second-order valence-electron chi connectivity index (χ2n) is 6.58. The van der Waals surface area contributed by atoms with Gasteiger partial charge in [-0.2, -0.15) is 0 Å². The minimum absolute atomic E-state index is 0.0147. The predicted molar refractivity (Wildman–Crippen MR) is 98.4 cm³/mol. The summed E-state index contributed by atoms with van der Waals surface area (Å²) >= 11 is 0. The summed E-state index contributed by atoms with van der Waals surface area (Å²) in [5, 5.41) is 2.90. The second-order valence-corrected chi connectivity index (χ2v) is 6.58. The van der Waals surface area contributed by atoms with Gasteiger partial charge in [-0.3, -0.25) is 9.59 Å². The van der Waals surface area contributed by atoms with Gasteiger partial charge in [0.25, 0.3) is 11.8 Å². The molecule has 5 heteroatoms. The Morgan fingerprint density at radius 3 is 2.56 bits per heavy atom. The molecule has 0 unspecified atom stereocenters. The average Bonchev–Trinajstić information content (AvgIpc) is 2.56. The highest BCUT2D eigenvalue weighted by atomic mass is 16.5. The maximum Gasteiger partial charge on any atom is 0.265 e. The van der Waals surface area contributed by atoms with Crippen molar-refractivity contribution in [1.29, 1.82) is 0 Å². The van der Waals surface area contributed by atoms with E-state index in [9.17, 15) is 9.59 Å². The van der Waals surface area contributed by atoms with Crippen molar-refractivity contribution in [2.24, 2.45) is 0 Å². The maximum atomic E-state index is 12.5. The standard InChI is InChI=1S/C20H22N2O3/c1-12(2)22-17-10-16(7-8-18(17)25-11-19(22)23)21-20(24)15-6-5-13(3)14(4)9-15/h5-10,12H,11H2,1-4H3,(H,21,24). The normalized spacial score (nSPS) is 13.5. The van der Waals surface area contributed by atoms with E-state index in [1.807, 2.05) is 45.9 Å². The number of fused-ring (bicyclic) bond motifs is 1. The van der Waals surface area contributed by atoms with E-state index < -0.39 is 0 Å². The second kappa shape index (κ2) is 6.59. The summed E-state index contributed by atoms with van der Waals surface area (Å²) in [7, 11) is 0. The Morgan fingerprint density at radius 2 is 1.88 bits per heavy atom. The molecule has 0 saturated heterocycles. The van der Waals surface area contributed by atoms with Crippen molar-refractivity contribution < 1.29 is 14.3 Å². The van der Waals surface area contributed by atoms with E-state index in [1.165, 1.54) is 0 Å². The molecular formula is C20H22N2O3. The Labute approximate surface area is 147 Å². The molecular weight excluding hydrogens is 316 g/mol. The number of hydrogen-bond donors (Lipinski definition) is 1. The van der Waals surface area contributed by atoms with E-state index in [2.05, 4.69) is 5.32 Å². The maximum absolute atomic E-state index is 12.5. The summed E-state index contributed by atoms with van der Waals surface area (Å²) in [4.78, 5) is 26.3. The lowest BCUT2D eigenvalue weighted by Gasteiger charge is -2.32. The molecule has 3 rings (SSSR count). The van der Waals surface area contributed by atoms with Gasteiger partial charge in [0.15, 0.2) is 6.61 Å². The molecule has 0 radical (unpaired) electrons. The van der Waals surface area contributed by atoms with E-state index in [4.69, 9.17) is 4.74 Å². The smallest absolute Gasteiger partial charge is 0.265 e. The first-order valence-corrected chi connectivity index (χ1v) is 8.34. The number of anilines is 2. The summed E-state index contributed by atoms with van der Waals surface area (Å²) in [6, 6.07) is 11.0. The van der Waals surface area contributed by atoms with Gasteiger partial charge in [-0.05, 0) is 69.2 Å². The monoisotopic (exact) mass is 338 g/mol. The highest BCUT2D eigenvalue weighted by molar-refractivity contribution is 6.05. The lowest BCUT2D eigenvalue weighted by Crippen LogP contribution is -2.43. The first-order valence-electron chi connectivity index (χ1n) is 8.34. The van der Waals surface area contributed by atoms with Gasteiger partial charge >= 0.3 is 0 Å². The van der Waals surface area contributed by atoms with Crippen LogP contribution in [0.3, 0.4) is 0 Å². The fourth-order valence-electron chi connectivity index (χ4n) is 2.90. The number of rotatable bonds is 3. The van der Waals surface area contributed by atoms with Crippen LogP contribution >= 0.6 is 0 Å². The number of carbonyl (C=O) groups excluding carboxylic acids is 2. The minimum atomic E-state index is -0.179. The number of nitrogens with zero attached hydrogens (tertiary/aromatic N) is 1. The van der Waals surface area contributed by atoms with Crippen molar-refractivity contribution in [2.45, 2.75) is 33.7 Å². The number of amides is 2. The van der Waals surface area contributed by atoms with Crippen LogP contribution in [-0.2, 0) is 4.79 Å². The predicted octanol–water partition coefficient (Wildman–Crippen LogP) is 3.69. The molecule has 0 bridgehead atoms. The molecule has 25 heavy (non-hydrogen) atoms. The SMILES string of the molecule is Cc1ccc(C(=O)Nc2ccc3c(c2)N(C(C)C)C(=O)CO3)cc1C. The van der Waals surface area contributed by atoms with Crippen LogP contribution in [0.4, 0.5) is 11.4 Å². The van der Waals surface area contributed by atoms with Crippen LogP contribution in [0.25, 0.3) is 0 Å². The number of nitrogens with one attached hydrogen (secondary N) is 1. The molecule has 0 spiro atoms. The number of ether oxygens (including phenoxy) is 1. The number of aryl methyl sites for hydroxylation is 2. The van der Waals surface area contributed by atoms with E-state index in [0.717, 1.165) is 11.1 Å². The van der Waals surface area contributed by atoms with Crippen molar-refractivity contribution in [2.75, 3.05) is 16.8 Å². The van der Waals surface area contributed by atoms with Crippen molar-refractivity contribution in [3.05, 3.63) is 53.1 Å². The lowest BCUT2D eigenvalue weighted by molar-refractivity contribution is -0.121. The van der Waals surface area contributed by atoms with Crippen LogP contribution < -0.4 is 15.0 Å². The van der Waals surface area contributed by atoms with Gasteiger partial charge in [0.2, 0.25) is 0 Å². The highest BCUT2D eigenvalue weighted by Crippen LogP contribution is 2.35. The van der Waals surface area contributed by atoms with Crippen LogP contribution in [0.1, 0.15) is 35.3 Å². The van der Waals surface area contributed by atoms with E-state index in [0.29, 0.717) is 22.7 Å². The molecule has 2 aromatic carbocycles. The Morgan fingerprint density at radius 1 is 1.12 bits per heavy atom. The Bertz CT molecular complexity index is 843. The third kappa shape index (κ3) is 3.36. The molecule has 1 N–H and O–H groups in total. The van der Waals surface area contributed by atoms with E-state index >= 15 is 0 Å². The Balaban J connectivity index is 1.88. The zero-order valence-electron chi connectivity index (χ0n) is 14.9. The summed E-state index contributed by atoms with van der Waals surface area (Å²) in [6.45, 7) is 7.94. The van der Waals surface area contributed by atoms with Crippen molar-refractivity contribution >= 4 is 23.2 Å². The molecule has 0 aromatic heterocycles. The van der Waals surface area contributed by atoms with Crippen LogP contribution in [0.15, 0.2) is 36.4 Å². The van der Waals surface area contributed by atoms with Crippen LogP contribution in [-0.4, -0.2) is 24.5 Å². The van der Waals surface area contributed by atoms with Gasteiger partial charge in [0.1, 0.15) is 5.75 Å². The van der Waals surface area contributed by atoms with Crippen LogP contribution in [0.5, 0.6) is 5.75 Å². The molecule has 2 aromatic rings. The summed E-state index contributed by atoms with van der Waals surface area (Å²) in [5.41, 5.74) is 4.14. The lowest BCUT2D eigenvalue weighted by atomic mass is 10.1. The first kappa shape index (κ1) is 17.0. The topological polar surface area (TPSA) is 58.6 Å². The summed E-state index contributed by atoms with van der Waals surface area (Å²) in [6.07, 6.45) is 0. The van der Waals surface area contributed by atoms with Gasteiger partial charge in [0, 0.05) is 17.3 Å². The van der Waals surface area contributed by atoms with Crippen LogP contribution in [0.2, 0.25) is 0 Å². The van der Waals surface area contributed by atoms with E-state index in [-0.39, 0.29) is 24.5 Å². The molecule has 130 valence electrons. The fourth-order valence-corrected chi connectivity index (χ4v) is 2.90. The minimum Gasteiger partial charge on any atom is -0.482 e. The average molecular weight is 338 g/mol. The quantitative estimate of drug-likeness (QED) is 0.928. The molecule has 0 atom stereocenters. The third-order valence-corrected chi connectivity index (χ3v) is 4.38. The van der Waals surface area contributed by atoms with Crippen molar-refractivity contribution in [1.82, 2.24) is 0 Å². The van der Waals surface area contributed by atoms with Gasteiger partial charge in [0.05, 0.1) is 5.69 Å². The summed E-state index contributed by atoms with van der Waals surface area (Å²) < 4.78 is 5.49. The Kier molecular flexibility index (Phi) is 4.49. The molecule has 1 aliphatic heterocycles. The largest absolute Gasteiger partial charge is 0.482 e. The molecule has 0 aliphatic carbocycles. The van der Waals surface area contributed by atoms with Crippen LogP contribution in [0, 0.1) is 13.8 Å². The zero-order valence-corrected chi connectivity index (χ0v) is 14.9. The zero-order chi connectivity index (χ0) is 18.1. The molecule has 0 saturated carbocycles.